The lowest BCUT2D eigenvalue weighted by Gasteiger charge is -2.36. The summed E-state index contributed by atoms with van der Waals surface area (Å²) in [5.41, 5.74) is 2.59. The third kappa shape index (κ3) is 4.11. The molecule has 146 valence electrons. The number of hydrogen-bond donors (Lipinski definition) is 1. The fraction of sp³-hybridized carbons (Fsp3) is 0.364. The molecule has 2 saturated heterocycles. The fourth-order valence-corrected chi connectivity index (χ4v) is 3.81. The van der Waals surface area contributed by atoms with Crippen molar-refractivity contribution < 1.29 is 9.59 Å². The average Bonchev–Trinajstić information content (AvgIpc) is 3.29. The Morgan fingerprint density at radius 1 is 0.714 bits per heavy atom. The summed E-state index contributed by atoms with van der Waals surface area (Å²) in [7, 11) is 0. The van der Waals surface area contributed by atoms with Crippen molar-refractivity contribution in [2.45, 2.75) is 12.8 Å². The highest BCUT2D eigenvalue weighted by atomic mass is 16.2. The van der Waals surface area contributed by atoms with Crippen molar-refractivity contribution in [1.82, 2.24) is 9.80 Å². The lowest BCUT2D eigenvalue weighted by Crippen LogP contribution is -2.50. The molecule has 0 spiro atoms. The van der Waals surface area contributed by atoms with E-state index >= 15 is 0 Å². The SMILES string of the molecule is O=C(Nc1ccc(C(=O)N2CCCC2)cc1)N1CCN(c2ccccc2)CC1. The van der Waals surface area contributed by atoms with Gasteiger partial charge < -0.3 is 20.0 Å². The Hall–Kier alpha value is -3.02. The van der Waals surface area contributed by atoms with E-state index in [1.165, 1.54) is 5.69 Å². The molecule has 4 rings (SSSR count). The zero-order chi connectivity index (χ0) is 19.3. The lowest BCUT2D eigenvalue weighted by atomic mass is 10.2. The quantitative estimate of drug-likeness (QED) is 0.892. The third-order valence-electron chi connectivity index (χ3n) is 5.46. The maximum atomic E-state index is 12.6. The number of rotatable bonds is 3. The molecule has 1 N–H and O–H groups in total. The minimum atomic E-state index is -0.0914. The minimum absolute atomic E-state index is 0.0763. The first kappa shape index (κ1) is 18.3. The molecule has 28 heavy (non-hydrogen) atoms. The Kier molecular flexibility index (Phi) is 5.46. The molecule has 0 saturated carbocycles. The molecular formula is C22H26N4O2. The molecule has 6 heteroatoms. The first-order valence-corrected chi connectivity index (χ1v) is 9.96. The minimum Gasteiger partial charge on any atom is -0.368 e. The number of amides is 3. The maximum absolute atomic E-state index is 12.6. The fourth-order valence-electron chi connectivity index (χ4n) is 3.81. The standard InChI is InChI=1S/C22H26N4O2/c27-21(25-12-4-5-13-25)18-8-10-19(11-9-18)23-22(28)26-16-14-24(15-17-26)20-6-2-1-3-7-20/h1-3,6-11H,4-5,12-17H2,(H,23,28). The van der Waals surface area contributed by atoms with Gasteiger partial charge in [-0.05, 0) is 49.2 Å². The van der Waals surface area contributed by atoms with Crippen molar-refractivity contribution in [2.75, 3.05) is 49.5 Å². The number of likely N-dealkylation sites (tertiary alicyclic amines) is 1. The average molecular weight is 378 g/mol. The molecule has 2 aromatic carbocycles. The number of anilines is 2. The first-order chi connectivity index (χ1) is 13.7. The van der Waals surface area contributed by atoms with Gasteiger partial charge in [0.2, 0.25) is 0 Å². The summed E-state index contributed by atoms with van der Waals surface area (Å²) in [6, 6.07) is 17.4. The summed E-state index contributed by atoms with van der Waals surface area (Å²) in [6.45, 7) is 4.69. The Labute approximate surface area is 165 Å². The molecule has 0 bridgehead atoms. The van der Waals surface area contributed by atoms with Crippen LogP contribution in [0.1, 0.15) is 23.2 Å². The zero-order valence-electron chi connectivity index (χ0n) is 16.0. The summed E-state index contributed by atoms with van der Waals surface area (Å²) in [5, 5.41) is 2.95. The van der Waals surface area contributed by atoms with Crippen molar-refractivity contribution >= 4 is 23.3 Å². The van der Waals surface area contributed by atoms with Crippen LogP contribution < -0.4 is 10.2 Å². The second-order valence-corrected chi connectivity index (χ2v) is 7.32. The van der Waals surface area contributed by atoms with Gasteiger partial charge in [0.15, 0.2) is 0 Å². The van der Waals surface area contributed by atoms with Gasteiger partial charge in [0.1, 0.15) is 0 Å². The molecule has 2 aliphatic rings. The van der Waals surface area contributed by atoms with Crippen LogP contribution in [0.4, 0.5) is 16.2 Å². The van der Waals surface area contributed by atoms with E-state index in [1.807, 2.05) is 28.0 Å². The van der Waals surface area contributed by atoms with E-state index in [0.717, 1.165) is 39.0 Å². The van der Waals surface area contributed by atoms with E-state index in [1.54, 1.807) is 24.3 Å². The van der Waals surface area contributed by atoms with Gasteiger partial charge in [-0.2, -0.15) is 0 Å². The highest BCUT2D eigenvalue weighted by Crippen LogP contribution is 2.18. The molecule has 3 amide bonds. The number of nitrogens with zero attached hydrogens (tertiary/aromatic N) is 3. The predicted molar refractivity (Wildman–Crippen MR) is 111 cm³/mol. The van der Waals surface area contributed by atoms with Crippen LogP contribution in [0.25, 0.3) is 0 Å². The predicted octanol–water partition coefficient (Wildman–Crippen LogP) is 3.28. The summed E-state index contributed by atoms with van der Waals surface area (Å²) in [4.78, 5) is 31.0. The number of carbonyl (C=O) groups is 2. The lowest BCUT2D eigenvalue weighted by molar-refractivity contribution is 0.0793. The number of benzene rings is 2. The Bertz CT molecular complexity index is 808. The second-order valence-electron chi connectivity index (χ2n) is 7.32. The topological polar surface area (TPSA) is 55.9 Å². The van der Waals surface area contributed by atoms with Crippen LogP contribution in [0.2, 0.25) is 0 Å². The van der Waals surface area contributed by atoms with E-state index in [-0.39, 0.29) is 11.9 Å². The summed E-state index contributed by atoms with van der Waals surface area (Å²) < 4.78 is 0. The monoisotopic (exact) mass is 378 g/mol. The van der Waals surface area contributed by atoms with Crippen LogP contribution in [-0.2, 0) is 0 Å². The maximum Gasteiger partial charge on any atom is 0.321 e. The van der Waals surface area contributed by atoms with Gasteiger partial charge in [-0.25, -0.2) is 4.79 Å². The van der Waals surface area contributed by atoms with Gasteiger partial charge in [0.25, 0.3) is 5.91 Å². The molecule has 2 fully saturated rings. The molecule has 0 aromatic heterocycles. The van der Waals surface area contributed by atoms with Crippen molar-refractivity contribution in [3.63, 3.8) is 0 Å². The summed E-state index contributed by atoms with van der Waals surface area (Å²) in [6.07, 6.45) is 2.16. The number of nitrogens with one attached hydrogen (secondary N) is 1. The number of hydrogen-bond acceptors (Lipinski definition) is 3. The highest BCUT2D eigenvalue weighted by Gasteiger charge is 2.22. The van der Waals surface area contributed by atoms with E-state index < -0.39 is 0 Å². The van der Waals surface area contributed by atoms with E-state index in [9.17, 15) is 9.59 Å². The van der Waals surface area contributed by atoms with Gasteiger partial charge in [0, 0.05) is 56.2 Å². The van der Waals surface area contributed by atoms with E-state index in [4.69, 9.17) is 0 Å². The molecule has 0 atom stereocenters. The zero-order valence-corrected chi connectivity index (χ0v) is 16.0. The van der Waals surface area contributed by atoms with Crippen LogP contribution in [-0.4, -0.2) is 61.0 Å². The van der Waals surface area contributed by atoms with Crippen LogP contribution in [0.15, 0.2) is 54.6 Å². The number of urea groups is 1. The smallest absolute Gasteiger partial charge is 0.321 e. The van der Waals surface area contributed by atoms with Gasteiger partial charge in [-0.15, -0.1) is 0 Å². The number of carbonyl (C=O) groups excluding carboxylic acids is 2. The van der Waals surface area contributed by atoms with Crippen molar-refractivity contribution in [3.05, 3.63) is 60.2 Å². The Morgan fingerprint density at radius 3 is 2.00 bits per heavy atom. The van der Waals surface area contributed by atoms with Crippen LogP contribution >= 0.6 is 0 Å². The van der Waals surface area contributed by atoms with Crippen LogP contribution in [0.5, 0.6) is 0 Å². The van der Waals surface area contributed by atoms with Crippen LogP contribution in [0, 0.1) is 0 Å². The Morgan fingerprint density at radius 2 is 1.36 bits per heavy atom. The van der Waals surface area contributed by atoms with E-state index in [0.29, 0.717) is 24.3 Å². The molecule has 0 radical (unpaired) electrons. The molecule has 0 unspecified atom stereocenters. The summed E-state index contributed by atoms with van der Waals surface area (Å²) >= 11 is 0. The largest absolute Gasteiger partial charge is 0.368 e. The van der Waals surface area contributed by atoms with Crippen molar-refractivity contribution in [1.29, 1.82) is 0 Å². The Balaban J connectivity index is 1.30. The number of piperazine rings is 1. The molecule has 2 aliphatic heterocycles. The third-order valence-corrected chi connectivity index (χ3v) is 5.46. The van der Waals surface area contributed by atoms with Crippen LogP contribution in [0.3, 0.4) is 0 Å². The van der Waals surface area contributed by atoms with Gasteiger partial charge in [-0.1, -0.05) is 18.2 Å². The molecule has 6 nitrogen and oxygen atoms in total. The summed E-state index contributed by atoms with van der Waals surface area (Å²) in [5.74, 6) is 0.0763. The first-order valence-electron chi connectivity index (χ1n) is 9.96. The molecule has 2 heterocycles. The van der Waals surface area contributed by atoms with Gasteiger partial charge in [-0.3, -0.25) is 4.79 Å². The normalized spacial score (nSPS) is 16.9. The molecular weight excluding hydrogens is 352 g/mol. The van der Waals surface area contributed by atoms with Crippen molar-refractivity contribution in [2.24, 2.45) is 0 Å². The number of para-hydroxylation sites is 1. The van der Waals surface area contributed by atoms with Gasteiger partial charge >= 0.3 is 6.03 Å². The second kappa shape index (κ2) is 8.33. The highest BCUT2D eigenvalue weighted by molar-refractivity contribution is 5.95. The van der Waals surface area contributed by atoms with E-state index in [2.05, 4.69) is 22.3 Å². The molecule has 2 aromatic rings. The van der Waals surface area contributed by atoms with Crippen molar-refractivity contribution in [3.8, 4) is 0 Å². The van der Waals surface area contributed by atoms with Gasteiger partial charge in [0.05, 0.1) is 0 Å². The molecule has 0 aliphatic carbocycles.